The molecule has 2 rings (SSSR count). The number of carbonyl (C=O) groups excluding carboxylic acids is 2. The van der Waals surface area contributed by atoms with E-state index in [4.69, 9.17) is 4.74 Å². The van der Waals surface area contributed by atoms with Gasteiger partial charge in [0.05, 0.1) is 17.9 Å². The summed E-state index contributed by atoms with van der Waals surface area (Å²) in [6, 6.07) is 1.64. The minimum absolute atomic E-state index is 0.0562. The van der Waals surface area contributed by atoms with E-state index < -0.39 is 5.97 Å². The van der Waals surface area contributed by atoms with Gasteiger partial charge in [0.2, 0.25) is 0 Å². The number of pyridine rings is 1. The molecule has 0 radical (unpaired) electrons. The molecule has 1 aliphatic rings. The third kappa shape index (κ3) is 2.96. The number of rotatable bonds is 2. The average Bonchev–Trinajstić information content (AvgIpc) is 2.26. The van der Waals surface area contributed by atoms with Gasteiger partial charge >= 0.3 is 5.97 Å². The maximum atomic E-state index is 12.2. The molecule has 0 atom stereocenters. The number of ether oxygens (including phenoxy) is 1. The van der Waals surface area contributed by atoms with Crippen molar-refractivity contribution in [2.75, 3.05) is 6.61 Å². The van der Waals surface area contributed by atoms with E-state index in [1.54, 1.807) is 13.0 Å². The van der Waals surface area contributed by atoms with Crippen molar-refractivity contribution >= 4 is 34.3 Å². The molecule has 19 heavy (non-hydrogen) atoms. The van der Waals surface area contributed by atoms with E-state index in [-0.39, 0.29) is 11.2 Å². The number of halogens is 1. The van der Waals surface area contributed by atoms with E-state index in [2.05, 4.69) is 18.8 Å². The van der Waals surface area contributed by atoms with Crippen molar-refractivity contribution in [2.45, 2.75) is 33.6 Å². The fraction of sp³-hybridized carbons (Fsp3) is 0.500. The Bertz CT molecular complexity index is 552. The van der Waals surface area contributed by atoms with Crippen molar-refractivity contribution in [1.29, 1.82) is 0 Å². The van der Waals surface area contributed by atoms with Gasteiger partial charge in [0.25, 0.3) is 0 Å². The number of Topliss-reactive ketones (excluding diaryl/α,β-unsaturated/α-hetero) is 1. The molecule has 0 aliphatic heterocycles. The summed E-state index contributed by atoms with van der Waals surface area (Å²) in [6.07, 6.45) is 1.25. The summed E-state index contributed by atoms with van der Waals surface area (Å²) in [5.74, 6) is -0.361. The van der Waals surface area contributed by atoms with Gasteiger partial charge in [0.1, 0.15) is 3.70 Å². The van der Waals surface area contributed by atoms with Crippen LogP contribution in [0.25, 0.3) is 0 Å². The molecule has 0 saturated heterocycles. The van der Waals surface area contributed by atoms with Crippen LogP contribution in [0.5, 0.6) is 0 Å². The minimum atomic E-state index is -0.417. The van der Waals surface area contributed by atoms with E-state index in [0.29, 0.717) is 27.9 Å². The van der Waals surface area contributed by atoms with Crippen LogP contribution in [0, 0.1) is 9.12 Å². The van der Waals surface area contributed by atoms with E-state index >= 15 is 0 Å². The summed E-state index contributed by atoms with van der Waals surface area (Å²) in [5.41, 5.74) is 1.68. The van der Waals surface area contributed by atoms with E-state index in [1.807, 2.05) is 22.6 Å². The molecule has 1 heterocycles. The summed E-state index contributed by atoms with van der Waals surface area (Å²) in [4.78, 5) is 28.4. The van der Waals surface area contributed by atoms with Crippen LogP contribution in [0.1, 0.15) is 53.6 Å². The van der Waals surface area contributed by atoms with Gasteiger partial charge in [-0.3, -0.25) is 4.79 Å². The molecule has 1 aliphatic carbocycles. The molecular formula is C14H16INO3. The highest BCUT2D eigenvalue weighted by atomic mass is 127. The van der Waals surface area contributed by atoms with Crippen molar-refractivity contribution in [1.82, 2.24) is 4.98 Å². The van der Waals surface area contributed by atoms with Gasteiger partial charge in [-0.05, 0) is 47.4 Å². The number of hydrogen-bond donors (Lipinski definition) is 0. The second-order valence-electron chi connectivity index (χ2n) is 5.48. The first-order valence-corrected chi connectivity index (χ1v) is 7.31. The Morgan fingerprint density at radius 2 is 2.16 bits per heavy atom. The lowest BCUT2D eigenvalue weighted by molar-refractivity contribution is 0.0524. The first-order chi connectivity index (χ1) is 8.84. The average molecular weight is 373 g/mol. The van der Waals surface area contributed by atoms with Crippen molar-refractivity contribution in [3.8, 4) is 0 Å². The summed E-state index contributed by atoms with van der Waals surface area (Å²) in [7, 11) is 0. The van der Waals surface area contributed by atoms with Crippen LogP contribution in [-0.4, -0.2) is 23.3 Å². The van der Waals surface area contributed by atoms with Crippen LogP contribution in [-0.2, 0) is 11.2 Å². The molecular weight excluding hydrogens is 357 g/mol. The second-order valence-corrected chi connectivity index (χ2v) is 6.50. The SMILES string of the molecule is CCOC(=O)c1cc2c(nc1I)CC(C)(C)CC2=O. The van der Waals surface area contributed by atoms with Crippen LogP contribution in [0.2, 0.25) is 0 Å². The lowest BCUT2D eigenvalue weighted by atomic mass is 9.75. The Hall–Kier alpha value is -0.980. The first kappa shape index (κ1) is 14.4. The third-order valence-corrected chi connectivity index (χ3v) is 3.96. The van der Waals surface area contributed by atoms with Crippen LogP contribution in [0.3, 0.4) is 0 Å². The van der Waals surface area contributed by atoms with E-state index in [0.717, 1.165) is 12.1 Å². The Kier molecular flexibility index (Phi) is 3.94. The maximum Gasteiger partial charge on any atom is 0.340 e. The number of fused-ring (bicyclic) bond motifs is 1. The van der Waals surface area contributed by atoms with Gasteiger partial charge < -0.3 is 4.74 Å². The van der Waals surface area contributed by atoms with Gasteiger partial charge in [0, 0.05) is 12.0 Å². The normalized spacial score (nSPS) is 16.9. The molecule has 5 heteroatoms. The topological polar surface area (TPSA) is 56.3 Å². The molecule has 0 saturated carbocycles. The zero-order valence-electron chi connectivity index (χ0n) is 11.2. The minimum Gasteiger partial charge on any atom is -0.462 e. The van der Waals surface area contributed by atoms with Crippen molar-refractivity contribution in [3.63, 3.8) is 0 Å². The second kappa shape index (κ2) is 5.19. The molecule has 0 N–H and O–H groups in total. The number of hydrogen-bond acceptors (Lipinski definition) is 4. The monoisotopic (exact) mass is 373 g/mol. The zero-order chi connectivity index (χ0) is 14.2. The fourth-order valence-electron chi connectivity index (χ4n) is 2.30. The number of nitrogens with zero attached hydrogens (tertiary/aromatic N) is 1. The zero-order valence-corrected chi connectivity index (χ0v) is 13.4. The standard InChI is InChI=1S/C14H16INO3/c1-4-19-13(18)9-5-8-10(16-12(9)15)6-14(2,3)7-11(8)17/h5H,4,6-7H2,1-3H3. The predicted molar refractivity (Wildman–Crippen MR) is 79.3 cm³/mol. The van der Waals surface area contributed by atoms with Crippen molar-refractivity contribution < 1.29 is 14.3 Å². The highest BCUT2D eigenvalue weighted by molar-refractivity contribution is 14.1. The first-order valence-electron chi connectivity index (χ1n) is 6.24. The summed E-state index contributed by atoms with van der Waals surface area (Å²) in [5, 5.41) is 0. The predicted octanol–water partition coefficient (Wildman–Crippen LogP) is 3.02. The Balaban J connectivity index is 2.47. The Morgan fingerprint density at radius 1 is 1.47 bits per heavy atom. The molecule has 102 valence electrons. The quantitative estimate of drug-likeness (QED) is 0.454. The van der Waals surface area contributed by atoms with Gasteiger partial charge in [-0.25, -0.2) is 9.78 Å². The number of carbonyl (C=O) groups is 2. The van der Waals surface area contributed by atoms with Crippen LogP contribution in [0.4, 0.5) is 0 Å². The van der Waals surface area contributed by atoms with E-state index in [9.17, 15) is 9.59 Å². The van der Waals surface area contributed by atoms with Crippen LogP contribution < -0.4 is 0 Å². The molecule has 0 bridgehead atoms. The van der Waals surface area contributed by atoms with Gasteiger partial charge in [-0.15, -0.1) is 0 Å². The maximum absolute atomic E-state index is 12.2. The lowest BCUT2D eigenvalue weighted by Gasteiger charge is -2.29. The summed E-state index contributed by atoms with van der Waals surface area (Å²) in [6.45, 7) is 6.18. The number of aromatic nitrogens is 1. The van der Waals surface area contributed by atoms with Crippen molar-refractivity contribution in [3.05, 3.63) is 26.6 Å². The fourth-order valence-corrected chi connectivity index (χ4v) is 2.97. The molecule has 0 amide bonds. The molecule has 1 aromatic rings. The van der Waals surface area contributed by atoms with Crippen molar-refractivity contribution in [2.24, 2.45) is 5.41 Å². The molecule has 4 nitrogen and oxygen atoms in total. The summed E-state index contributed by atoms with van der Waals surface area (Å²) < 4.78 is 5.58. The number of esters is 1. The molecule has 0 spiro atoms. The summed E-state index contributed by atoms with van der Waals surface area (Å²) >= 11 is 2.02. The smallest absolute Gasteiger partial charge is 0.340 e. The highest BCUT2D eigenvalue weighted by Crippen LogP contribution is 2.34. The molecule has 0 unspecified atom stereocenters. The largest absolute Gasteiger partial charge is 0.462 e. The van der Waals surface area contributed by atoms with E-state index in [1.165, 1.54) is 0 Å². The Labute approximate surface area is 126 Å². The van der Waals surface area contributed by atoms with Gasteiger partial charge in [-0.1, -0.05) is 13.8 Å². The molecule has 0 fully saturated rings. The van der Waals surface area contributed by atoms with Crippen LogP contribution in [0.15, 0.2) is 6.07 Å². The van der Waals surface area contributed by atoms with Crippen LogP contribution >= 0.6 is 22.6 Å². The third-order valence-electron chi connectivity index (χ3n) is 3.14. The lowest BCUT2D eigenvalue weighted by Crippen LogP contribution is -2.29. The van der Waals surface area contributed by atoms with Gasteiger partial charge in [0.15, 0.2) is 5.78 Å². The molecule has 0 aromatic carbocycles. The molecule has 1 aromatic heterocycles. The Morgan fingerprint density at radius 3 is 2.79 bits per heavy atom. The van der Waals surface area contributed by atoms with Gasteiger partial charge in [-0.2, -0.15) is 0 Å². The highest BCUT2D eigenvalue weighted by Gasteiger charge is 2.33. The number of ketones is 1.